The van der Waals surface area contributed by atoms with Crippen LogP contribution >= 0.6 is 28.6 Å². The molecule has 0 fully saturated rings. The van der Waals surface area contributed by atoms with Gasteiger partial charge in [-0.1, -0.05) is 13.0 Å². The van der Waals surface area contributed by atoms with Crippen LogP contribution in [0.2, 0.25) is 0 Å². The smallest absolute Gasteiger partial charge is 0.127 e. The van der Waals surface area contributed by atoms with Crippen LogP contribution in [0.5, 0.6) is 0 Å². The topological polar surface area (TPSA) is 17.1 Å². The van der Waals surface area contributed by atoms with Gasteiger partial charge in [0.1, 0.15) is 6.29 Å². The van der Waals surface area contributed by atoms with Crippen molar-refractivity contribution < 1.29 is 4.79 Å². The van der Waals surface area contributed by atoms with E-state index in [1.54, 1.807) is 0 Å². The lowest BCUT2D eigenvalue weighted by atomic mass is 10.0. The fourth-order valence-corrected chi connectivity index (χ4v) is 1.36. The maximum atomic E-state index is 10.5. The van der Waals surface area contributed by atoms with Gasteiger partial charge in [-0.2, -0.15) is 0 Å². The minimum absolute atomic E-state index is 0.0519. The summed E-state index contributed by atoms with van der Waals surface area (Å²) in [6.45, 7) is 1.86. The maximum Gasteiger partial charge on any atom is 0.127 e. The van der Waals surface area contributed by atoms with Gasteiger partial charge in [0.05, 0.1) is 0 Å². The largest absolute Gasteiger partial charge is 0.303 e. The van der Waals surface area contributed by atoms with E-state index in [1.165, 1.54) is 0 Å². The Labute approximate surface area is 85.7 Å². The Kier molecular flexibility index (Phi) is 3.35. The second-order valence-electron chi connectivity index (χ2n) is 2.64. The number of hydrogen-bond acceptors (Lipinski definition) is 2. The van der Waals surface area contributed by atoms with E-state index >= 15 is 0 Å². The molecule has 1 atom stereocenters. The Morgan fingerprint density at radius 3 is 2.75 bits per heavy atom. The van der Waals surface area contributed by atoms with Crippen LogP contribution in [0.25, 0.3) is 0 Å². The third-order valence-corrected chi connectivity index (χ3v) is 3.07. The third-order valence-electron chi connectivity index (χ3n) is 1.70. The lowest BCUT2D eigenvalue weighted by molar-refractivity contribution is -0.108. The van der Waals surface area contributed by atoms with E-state index in [1.807, 2.05) is 25.1 Å². The van der Waals surface area contributed by atoms with Crippen molar-refractivity contribution in [2.45, 2.75) is 17.7 Å². The molecule has 0 aliphatic carbocycles. The summed E-state index contributed by atoms with van der Waals surface area (Å²) in [5.74, 6) is -0.0519. The molecule has 0 aliphatic rings. The summed E-state index contributed by atoms with van der Waals surface area (Å²) >= 11 is 7.57. The molecule has 12 heavy (non-hydrogen) atoms. The highest BCUT2D eigenvalue weighted by molar-refractivity contribution is 9.10. The van der Waals surface area contributed by atoms with Crippen molar-refractivity contribution in [1.29, 1.82) is 0 Å². The van der Waals surface area contributed by atoms with Gasteiger partial charge in [-0.05, 0) is 33.6 Å². The van der Waals surface area contributed by atoms with E-state index < -0.39 is 0 Å². The zero-order chi connectivity index (χ0) is 9.14. The quantitative estimate of drug-likeness (QED) is 0.626. The highest BCUT2D eigenvalue weighted by Crippen LogP contribution is 2.24. The fraction of sp³-hybridized carbons (Fsp3) is 0.222. The molecular weight excluding hydrogens is 236 g/mol. The highest BCUT2D eigenvalue weighted by atomic mass is 79.9. The molecule has 3 heteroatoms. The summed E-state index contributed by atoms with van der Waals surface area (Å²) in [7, 11) is 0. The first-order chi connectivity index (χ1) is 5.65. The molecule has 0 radical (unpaired) electrons. The van der Waals surface area contributed by atoms with Gasteiger partial charge >= 0.3 is 0 Å². The summed E-state index contributed by atoms with van der Waals surface area (Å²) < 4.78 is 0.952. The molecule has 64 valence electrons. The fourth-order valence-electron chi connectivity index (χ4n) is 0.891. The summed E-state index contributed by atoms with van der Waals surface area (Å²) in [6, 6.07) is 5.72. The molecule has 0 heterocycles. The van der Waals surface area contributed by atoms with Crippen LogP contribution in [0.4, 0.5) is 0 Å². The van der Waals surface area contributed by atoms with Crippen LogP contribution < -0.4 is 0 Å². The first kappa shape index (κ1) is 9.81. The van der Waals surface area contributed by atoms with Crippen LogP contribution in [0, 0.1) is 0 Å². The molecule has 0 aromatic heterocycles. The molecule has 1 aromatic carbocycles. The highest BCUT2D eigenvalue weighted by Gasteiger charge is 2.04. The molecule has 0 aliphatic heterocycles. The van der Waals surface area contributed by atoms with E-state index in [9.17, 15) is 4.79 Å². The molecule has 0 amide bonds. The molecule has 1 aromatic rings. The monoisotopic (exact) mass is 244 g/mol. The number of rotatable bonds is 2. The zero-order valence-corrected chi connectivity index (χ0v) is 9.10. The van der Waals surface area contributed by atoms with Crippen molar-refractivity contribution in [3.63, 3.8) is 0 Å². The van der Waals surface area contributed by atoms with E-state index in [2.05, 4.69) is 28.6 Å². The number of carbonyl (C=O) groups excluding carboxylic acids is 1. The Morgan fingerprint density at radius 2 is 2.25 bits per heavy atom. The van der Waals surface area contributed by atoms with Crippen molar-refractivity contribution in [2.24, 2.45) is 0 Å². The van der Waals surface area contributed by atoms with Crippen molar-refractivity contribution in [3.8, 4) is 0 Å². The summed E-state index contributed by atoms with van der Waals surface area (Å²) in [5.41, 5.74) is 0.998. The minimum Gasteiger partial charge on any atom is -0.303 e. The van der Waals surface area contributed by atoms with Gasteiger partial charge in [-0.3, -0.25) is 0 Å². The summed E-state index contributed by atoms with van der Waals surface area (Å²) in [4.78, 5) is 11.3. The Morgan fingerprint density at radius 1 is 1.58 bits per heavy atom. The Hall–Kier alpha value is -0.280. The maximum absolute atomic E-state index is 10.5. The van der Waals surface area contributed by atoms with E-state index in [0.717, 1.165) is 21.2 Å². The van der Waals surface area contributed by atoms with Crippen molar-refractivity contribution in [3.05, 3.63) is 28.2 Å². The number of carbonyl (C=O) groups is 1. The average Bonchev–Trinajstić information content (AvgIpc) is 2.08. The summed E-state index contributed by atoms with van der Waals surface area (Å²) in [6.07, 6.45) is 0.927. The number of benzene rings is 1. The van der Waals surface area contributed by atoms with Gasteiger partial charge in [0.15, 0.2) is 0 Å². The van der Waals surface area contributed by atoms with Crippen LogP contribution in [-0.4, -0.2) is 6.29 Å². The van der Waals surface area contributed by atoms with Gasteiger partial charge in [0.25, 0.3) is 0 Å². The number of hydrogen-bond donors (Lipinski definition) is 1. The molecule has 0 saturated heterocycles. The van der Waals surface area contributed by atoms with E-state index in [0.29, 0.717) is 0 Å². The zero-order valence-electron chi connectivity index (χ0n) is 6.62. The molecule has 0 saturated carbocycles. The Bertz CT molecular complexity index is 299. The second-order valence-corrected chi connectivity index (χ2v) is 3.97. The molecule has 0 N–H and O–H groups in total. The summed E-state index contributed by atoms with van der Waals surface area (Å²) in [5, 5.41) is 0. The van der Waals surface area contributed by atoms with Gasteiger partial charge in [0.2, 0.25) is 0 Å². The number of thiol groups is 1. The van der Waals surface area contributed by atoms with Crippen LogP contribution in [0.3, 0.4) is 0 Å². The average molecular weight is 245 g/mol. The molecule has 0 bridgehead atoms. The SMILES string of the molecule is CC(C=O)c1ccc(Br)c(S)c1. The molecule has 0 spiro atoms. The molecule has 1 rings (SSSR count). The van der Waals surface area contributed by atoms with Crippen molar-refractivity contribution >= 4 is 34.8 Å². The predicted octanol–water partition coefficient (Wildman–Crippen LogP) is 3.04. The minimum atomic E-state index is -0.0519. The number of aldehydes is 1. The molecule has 1 unspecified atom stereocenters. The third kappa shape index (κ3) is 2.11. The van der Waals surface area contributed by atoms with Gasteiger partial charge in [0, 0.05) is 15.3 Å². The standard InChI is InChI=1S/C9H9BrOS/c1-6(5-11)7-2-3-8(10)9(12)4-7/h2-6,12H,1H3. The van der Waals surface area contributed by atoms with E-state index in [-0.39, 0.29) is 5.92 Å². The Balaban J connectivity index is 3.04. The van der Waals surface area contributed by atoms with Crippen LogP contribution in [0.1, 0.15) is 18.4 Å². The predicted molar refractivity (Wildman–Crippen MR) is 55.9 cm³/mol. The van der Waals surface area contributed by atoms with Gasteiger partial charge < -0.3 is 4.79 Å². The number of halogens is 1. The first-order valence-corrected chi connectivity index (χ1v) is 4.83. The lowest BCUT2D eigenvalue weighted by Crippen LogP contribution is -1.93. The second kappa shape index (κ2) is 4.10. The first-order valence-electron chi connectivity index (χ1n) is 3.59. The molecule has 1 nitrogen and oxygen atoms in total. The van der Waals surface area contributed by atoms with Crippen LogP contribution in [0.15, 0.2) is 27.6 Å². The normalized spacial score (nSPS) is 12.6. The van der Waals surface area contributed by atoms with Crippen molar-refractivity contribution in [1.82, 2.24) is 0 Å². The van der Waals surface area contributed by atoms with Gasteiger partial charge in [-0.15, -0.1) is 12.6 Å². The molecular formula is C9H9BrOS. The van der Waals surface area contributed by atoms with Crippen LogP contribution in [-0.2, 0) is 4.79 Å². The van der Waals surface area contributed by atoms with E-state index in [4.69, 9.17) is 0 Å². The van der Waals surface area contributed by atoms with Gasteiger partial charge in [-0.25, -0.2) is 0 Å². The van der Waals surface area contributed by atoms with Crippen molar-refractivity contribution in [2.75, 3.05) is 0 Å². The lowest BCUT2D eigenvalue weighted by Gasteiger charge is -2.05.